The van der Waals surface area contributed by atoms with Crippen LogP contribution in [0.2, 0.25) is 5.02 Å². The number of hydrogen-bond donors (Lipinski definition) is 0. The minimum Gasteiger partial charge on any atom is -0.258 e. The van der Waals surface area contributed by atoms with Crippen molar-refractivity contribution in [3.8, 4) is 5.69 Å². The lowest BCUT2D eigenvalue weighted by Gasteiger charge is -2.09. The van der Waals surface area contributed by atoms with Crippen LogP contribution in [0.3, 0.4) is 0 Å². The van der Waals surface area contributed by atoms with E-state index < -0.39 is 4.92 Å². The molecule has 0 saturated heterocycles. The number of alkyl halides is 1. The third-order valence-electron chi connectivity index (χ3n) is 2.85. The second-order valence-corrected chi connectivity index (χ2v) is 5.04. The molecular weight excluding hydrogens is 334 g/mol. The summed E-state index contributed by atoms with van der Waals surface area (Å²) in [5, 5.41) is 16.3. The molecular formula is C12H11BrClN3O2. The molecule has 0 unspecified atom stereocenters. The lowest BCUT2D eigenvalue weighted by atomic mass is 10.2. The van der Waals surface area contributed by atoms with Crippen LogP contribution in [-0.4, -0.2) is 14.7 Å². The molecule has 5 nitrogen and oxygen atoms in total. The Kier molecular flexibility index (Phi) is 3.91. The van der Waals surface area contributed by atoms with Crippen LogP contribution in [-0.2, 0) is 5.33 Å². The first-order chi connectivity index (χ1) is 8.95. The van der Waals surface area contributed by atoms with Crippen molar-refractivity contribution in [2.45, 2.75) is 19.2 Å². The lowest BCUT2D eigenvalue weighted by Crippen LogP contribution is -2.03. The summed E-state index contributed by atoms with van der Waals surface area (Å²) in [4.78, 5) is 10.4. The van der Waals surface area contributed by atoms with Gasteiger partial charge in [-0.3, -0.25) is 10.1 Å². The maximum Gasteiger partial charge on any atom is 0.269 e. The highest BCUT2D eigenvalue weighted by Gasteiger charge is 2.16. The Bertz CT molecular complexity index is 655. The number of non-ortho nitro benzene ring substituents is 1. The fourth-order valence-corrected chi connectivity index (χ4v) is 2.42. The van der Waals surface area contributed by atoms with Gasteiger partial charge in [0.15, 0.2) is 0 Å². The molecule has 0 atom stereocenters. The van der Waals surface area contributed by atoms with E-state index in [1.54, 1.807) is 10.7 Å². The molecule has 19 heavy (non-hydrogen) atoms. The van der Waals surface area contributed by atoms with Crippen LogP contribution < -0.4 is 0 Å². The second-order valence-electron chi connectivity index (χ2n) is 4.10. The first-order valence-corrected chi connectivity index (χ1v) is 7.01. The van der Waals surface area contributed by atoms with Crippen molar-refractivity contribution in [2.24, 2.45) is 0 Å². The molecule has 2 rings (SSSR count). The van der Waals surface area contributed by atoms with E-state index in [1.165, 1.54) is 12.1 Å². The van der Waals surface area contributed by atoms with Crippen molar-refractivity contribution >= 4 is 33.2 Å². The molecule has 1 heterocycles. The van der Waals surface area contributed by atoms with Crippen molar-refractivity contribution in [3.05, 3.63) is 50.3 Å². The highest BCUT2D eigenvalue weighted by molar-refractivity contribution is 9.08. The topological polar surface area (TPSA) is 61.0 Å². The van der Waals surface area contributed by atoms with Crippen LogP contribution in [0.15, 0.2) is 18.2 Å². The van der Waals surface area contributed by atoms with Crippen molar-refractivity contribution in [3.63, 3.8) is 0 Å². The average Bonchev–Trinajstić information content (AvgIpc) is 2.65. The van der Waals surface area contributed by atoms with Gasteiger partial charge in [-0.25, -0.2) is 4.68 Å². The van der Waals surface area contributed by atoms with E-state index in [0.717, 1.165) is 22.6 Å². The largest absolute Gasteiger partial charge is 0.269 e. The number of hydrogen-bond acceptors (Lipinski definition) is 3. The normalized spacial score (nSPS) is 10.7. The maximum absolute atomic E-state index is 10.8. The van der Waals surface area contributed by atoms with E-state index in [9.17, 15) is 10.1 Å². The van der Waals surface area contributed by atoms with E-state index in [2.05, 4.69) is 21.0 Å². The molecule has 0 spiro atoms. The number of benzene rings is 1. The van der Waals surface area contributed by atoms with Gasteiger partial charge in [0.25, 0.3) is 5.69 Å². The van der Waals surface area contributed by atoms with E-state index >= 15 is 0 Å². The summed E-state index contributed by atoms with van der Waals surface area (Å²) in [6, 6.07) is 4.69. The Morgan fingerprint density at radius 3 is 2.63 bits per heavy atom. The molecule has 1 aromatic heterocycles. The van der Waals surface area contributed by atoms with Gasteiger partial charge in [0.2, 0.25) is 0 Å². The summed E-state index contributed by atoms with van der Waals surface area (Å²) in [6.45, 7) is 3.69. The van der Waals surface area contributed by atoms with Gasteiger partial charge in [0.1, 0.15) is 0 Å². The number of aromatic nitrogens is 2. The molecule has 0 radical (unpaired) electrons. The van der Waals surface area contributed by atoms with Gasteiger partial charge in [-0.05, 0) is 25.5 Å². The van der Waals surface area contributed by atoms with Gasteiger partial charge in [-0.1, -0.05) is 27.5 Å². The fraction of sp³-hybridized carbons (Fsp3) is 0.250. The quantitative estimate of drug-likeness (QED) is 0.481. The molecule has 0 aliphatic carbocycles. The monoisotopic (exact) mass is 343 g/mol. The molecule has 2 aromatic rings. The Morgan fingerprint density at radius 2 is 2.16 bits per heavy atom. The average molecular weight is 345 g/mol. The van der Waals surface area contributed by atoms with Crippen molar-refractivity contribution in [1.82, 2.24) is 9.78 Å². The van der Waals surface area contributed by atoms with Crippen molar-refractivity contribution in [2.75, 3.05) is 0 Å². The Labute approximate surface area is 123 Å². The smallest absolute Gasteiger partial charge is 0.258 e. The van der Waals surface area contributed by atoms with E-state index in [4.69, 9.17) is 11.6 Å². The summed E-state index contributed by atoms with van der Waals surface area (Å²) < 4.78 is 1.71. The van der Waals surface area contributed by atoms with Crippen molar-refractivity contribution < 1.29 is 4.92 Å². The summed E-state index contributed by atoms with van der Waals surface area (Å²) >= 11 is 9.46. The Balaban J connectivity index is 2.62. The highest BCUT2D eigenvalue weighted by Crippen LogP contribution is 2.27. The highest BCUT2D eigenvalue weighted by atomic mass is 79.9. The zero-order valence-electron chi connectivity index (χ0n) is 10.4. The third-order valence-corrected chi connectivity index (χ3v) is 4.00. The molecule has 0 fully saturated rings. The fourth-order valence-electron chi connectivity index (χ4n) is 1.86. The lowest BCUT2D eigenvalue weighted by molar-refractivity contribution is -0.384. The molecule has 0 aliphatic rings. The minimum atomic E-state index is -0.413. The Hall–Kier alpha value is -1.40. The predicted molar refractivity (Wildman–Crippen MR) is 77.3 cm³/mol. The summed E-state index contributed by atoms with van der Waals surface area (Å²) in [6.07, 6.45) is 0. The SMILES string of the molecule is Cc1nn(-c2ccc([N+](=O)[O-])cc2CBr)c(C)c1Cl. The zero-order valence-corrected chi connectivity index (χ0v) is 12.7. The van der Waals surface area contributed by atoms with Crippen LogP contribution in [0.5, 0.6) is 0 Å². The number of rotatable bonds is 3. The first-order valence-electron chi connectivity index (χ1n) is 5.51. The molecule has 100 valence electrons. The standard InChI is InChI=1S/C12H11BrClN3O2/c1-7-12(14)8(2)16(15-7)11-4-3-10(17(18)19)5-9(11)6-13/h3-5H,6H2,1-2H3. The van der Waals surface area contributed by atoms with Gasteiger partial charge in [-0.2, -0.15) is 5.10 Å². The van der Waals surface area contributed by atoms with E-state index in [0.29, 0.717) is 10.4 Å². The molecule has 0 amide bonds. The number of nitro groups is 1. The Morgan fingerprint density at radius 1 is 1.47 bits per heavy atom. The summed E-state index contributed by atoms with van der Waals surface area (Å²) in [7, 11) is 0. The third kappa shape index (κ3) is 2.50. The van der Waals surface area contributed by atoms with Crippen LogP contribution in [0.1, 0.15) is 17.0 Å². The van der Waals surface area contributed by atoms with Gasteiger partial charge in [-0.15, -0.1) is 0 Å². The molecule has 0 bridgehead atoms. The van der Waals surface area contributed by atoms with Crippen LogP contribution in [0.4, 0.5) is 5.69 Å². The molecule has 1 aromatic carbocycles. The summed E-state index contributed by atoms with van der Waals surface area (Å²) in [5.41, 5.74) is 3.19. The maximum atomic E-state index is 10.8. The van der Waals surface area contributed by atoms with Crippen molar-refractivity contribution in [1.29, 1.82) is 0 Å². The van der Waals surface area contributed by atoms with Crippen LogP contribution in [0, 0.1) is 24.0 Å². The van der Waals surface area contributed by atoms with Crippen LogP contribution in [0.25, 0.3) is 5.69 Å². The van der Waals surface area contributed by atoms with Gasteiger partial charge in [0.05, 0.1) is 27.0 Å². The minimum absolute atomic E-state index is 0.0610. The van der Waals surface area contributed by atoms with Gasteiger partial charge in [0, 0.05) is 17.5 Å². The number of aryl methyl sites for hydroxylation is 1. The molecule has 0 N–H and O–H groups in total. The zero-order chi connectivity index (χ0) is 14.2. The van der Waals surface area contributed by atoms with E-state index in [1.807, 2.05) is 13.8 Å². The number of halogens is 2. The van der Waals surface area contributed by atoms with E-state index in [-0.39, 0.29) is 5.69 Å². The molecule has 0 aliphatic heterocycles. The number of nitrogens with zero attached hydrogens (tertiary/aromatic N) is 3. The summed E-state index contributed by atoms with van der Waals surface area (Å²) in [5.74, 6) is 0. The first kappa shape index (κ1) is 14.0. The van der Waals surface area contributed by atoms with Gasteiger partial charge >= 0.3 is 0 Å². The molecule has 0 saturated carbocycles. The predicted octanol–water partition coefficient (Wildman–Crippen LogP) is 3.95. The molecule has 7 heteroatoms. The second kappa shape index (κ2) is 5.30. The van der Waals surface area contributed by atoms with Crippen LogP contribution >= 0.6 is 27.5 Å². The number of nitro benzene ring substituents is 1. The van der Waals surface area contributed by atoms with Gasteiger partial charge < -0.3 is 0 Å².